The molecule has 4 nitrogen and oxygen atoms in total. The summed E-state index contributed by atoms with van der Waals surface area (Å²) < 4.78 is 16.9. The van der Waals surface area contributed by atoms with Crippen LogP contribution in [0.5, 0.6) is 0 Å². The number of rotatable bonds is 15. The Morgan fingerprint density at radius 2 is 1.36 bits per heavy atom. The fourth-order valence-corrected chi connectivity index (χ4v) is 5.27. The van der Waals surface area contributed by atoms with Crippen LogP contribution in [0.25, 0.3) is 0 Å². The summed E-state index contributed by atoms with van der Waals surface area (Å²) in [6.07, 6.45) is 7.41. The van der Waals surface area contributed by atoms with Crippen molar-refractivity contribution >= 4 is 37.7 Å². The molecule has 0 aliphatic rings. The van der Waals surface area contributed by atoms with E-state index in [2.05, 4.69) is 19.1 Å². The molecule has 8 heteroatoms. The molecule has 0 amide bonds. The zero-order valence-electron chi connectivity index (χ0n) is 16.9. The largest absolute Gasteiger partial charge is 1.00 e. The molecule has 0 bridgehead atoms. The van der Waals surface area contributed by atoms with Gasteiger partial charge < -0.3 is 18.4 Å². The molecule has 0 atom stereocenters. The standard InChI is InChI=1S/C9H21ClO3Si.C8H16OS.Na/c1-4-11-14(12-5-2,13-6-3)9-7-8-10;1-2-3-4-5-6-7-8(9)10;/h4-9H2,1-3H3;2-7H2,1H3,(H,9,10);/q;;+1/p-1. The zero-order chi connectivity index (χ0) is 18.7. The first-order valence-electron chi connectivity index (χ1n) is 9.19. The molecule has 0 radical (unpaired) electrons. The van der Waals surface area contributed by atoms with Crippen molar-refractivity contribution in [3.05, 3.63) is 0 Å². The number of hydrogen-bond acceptors (Lipinski definition) is 5. The average molecular weight is 423 g/mol. The molecule has 0 rings (SSSR count). The third-order valence-corrected chi connectivity index (χ3v) is 6.82. The van der Waals surface area contributed by atoms with Crippen molar-refractivity contribution in [2.75, 3.05) is 25.7 Å². The van der Waals surface area contributed by atoms with Gasteiger partial charge in [-0.15, -0.1) is 23.8 Å². The Balaban J connectivity index is -0.000000392. The molecule has 0 aromatic rings. The normalized spacial score (nSPS) is 10.6. The predicted molar refractivity (Wildman–Crippen MR) is 107 cm³/mol. The minimum atomic E-state index is -2.40. The fraction of sp³-hybridized carbons (Fsp3) is 0.941. The Hall–Kier alpha value is 1.28. The molecule has 0 aliphatic carbocycles. The van der Waals surface area contributed by atoms with Crippen LogP contribution < -0.4 is 34.7 Å². The number of alkyl halides is 1. The van der Waals surface area contributed by atoms with E-state index >= 15 is 0 Å². The summed E-state index contributed by atoms with van der Waals surface area (Å²) in [6.45, 7) is 9.96. The van der Waals surface area contributed by atoms with Crippen LogP contribution in [0.15, 0.2) is 0 Å². The van der Waals surface area contributed by atoms with Crippen molar-refractivity contribution < 1.29 is 47.9 Å². The average Bonchev–Trinajstić information content (AvgIpc) is 2.54. The Morgan fingerprint density at radius 3 is 1.72 bits per heavy atom. The summed E-state index contributed by atoms with van der Waals surface area (Å²) in [6, 6.07) is 0.812. The first-order chi connectivity index (χ1) is 11.5. The van der Waals surface area contributed by atoms with E-state index in [-0.39, 0.29) is 34.6 Å². The van der Waals surface area contributed by atoms with E-state index in [0.717, 1.165) is 25.3 Å². The summed E-state index contributed by atoms with van der Waals surface area (Å²) in [4.78, 5) is 0. The van der Waals surface area contributed by atoms with Gasteiger partial charge in [-0.2, -0.15) is 0 Å². The van der Waals surface area contributed by atoms with E-state index in [1.54, 1.807) is 0 Å². The van der Waals surface area contributed by atoms with Crippen LogP contribution in [0.3, 0.4) is 0 Å². The Morgan fingerprint density at radius 1 is 0.880 bits per heavy atom. The van der Waals surface area contributed by atoms with Gasteiger partial charge in [-0.3, -0.25) is 0 Å². The fourth-order valence-electron chi connectivity index (χ4n) is 2.16. The van der Waals surface area contributed by atoms with Crippen LogP contribution in [-0.2, 0) is 13.3 Å². The van der Waals surface area contributed by atoms with E-state index in [0.29, 0.717) is 32.1 Å². The van der Waals surface area contributed by atoms with Gasteiger partial charge in [0.2, 0.25) is 0 Å². The van der Waals surface area contributed by atoms with E-state index in [1.807, 2.05) is 20.8 Å². The van der Waals surface area contributed by atoms with Crippen molar-refractivity contribution in [1.29, 1.82) is 0 Å². The molecule has 0 aliphatic heterocycles. The SMILES string of the molecule is CCCCCCCC([O-])=S.CCO[Si](CCCCl)(OCC)OCC.[Na+]. The third kappa shape index (κ3) is 21.4. The summed E-state index contributed by atoms with van der Waals surface area (Å²) in [5, 5.41) is 10.2. The number of thiocarbonyl (C=S) groups is 1. The number of hydrogen-bond donors (Lipinski definition) is 0. The van der Waals surface area contributed by atoms with Crippen LogP contribution in [0.2, 0.25) is 6.04 Å². The zero-order valence-corrected chi connectivity index (χ0v) is 21.5. The molecule has 0 aromatic heterocycles. The molecule has 0 unspecified atom stereocenters. The van der Waals surface area contributed by atoms with Crippen LogP contribution in [0.4, 0.5) is 0 Å². The molecule has 0 aromatic carbocycles. The Bertz CT molecular complexity index is 272. The molecule has 146 valence electrons. The first kappa shape index (κ1) is 31.0. The Kier molecular flexibility index (Phi) is 28.9. The van der Waals surface area contributed by atoms with Gasteiger partial charge in [0, 0.05) is 31.7 Å². The molecule has 25 heavy (non-hydrogen) atoms. The second kappa shape index (κ2) is 23.3. The van der Waals surface area contributed by atoms with Crippen molar-refractivity contribution in [3.8, 4) is 0 Å². The van der Waals surface area contributed by atoms with Crippen molar-refractivity contribution in [3.63, 3.8) is 0 Å². The van der Waals surface area contributed by atoms with Crippen LogP contribution in [0.1, 0.15) is 72.6 Å². The monoisotopic (exact) mass is 422 g/mol. The van der Waals surface area contributed by atoms with Gasteiger partial charge in [0.05, 0.1) is 0 Å². The topological polar surface area (TPSA) is 50.8 Å². The minimum Gasteiger partial charge on any atom is -0.867 e. The summed E-state index contributed by atoms with van der Waals surface area (Å²) >= 11 is 10.1. The maximum absolute atomic E-state index is 10.3. The quantitative estimate of drug-likeness (QED) is 0.174. The van der Waals surface area contributed by atoms with Crippen LogP contribution in [0, 0.1) is 0 Å². The molecule has 0 saturated heterocycles. The van der Waals surface area contributed by atoms with Crippen LogP contribution in [-0.4, -0.2) is 39.6 Å². The molecule has 0 spiro atoms. The molecule has 0 N–H and O–H groups in total. The van der Waals surface area contributed by atoms with Crippen molar-refractivity contribution in [2.45, 2.75) is 78.7 Å². The van der Waals surface area contributed by atoms with Crippen molar-refractivity contribution in [2.24, 2.45) is 0 Å². The molecule has 0 heterocycles. The summed E-state index contributed by atoms with van der Waals surface area (Å²) in [5.74, 6) is 0.627. The van der Waals surface area contributed by atoms with Gasteiger partial charge in [0.25, 0.3) is 0 Å². The van der Waals surface area contributed by atoms with Gasteiger partial charge in [0.15, 0.2) is 0 Å². The maximum Gasteiger partial charge on any atom is 1.00 e. The van der Waals surface area contributed by atoms with Gasteiger partial charge in [-0.25, -0.2) is 0 Å². The first-order valence-corrected chi connectivity index (χ1v) is 12.1. The van der Waals surface area contributed by atoms with E-state index in [4.69, 9.17) is 24.9 Å². The predicted octanol–water partition coefficient (Wildman–Crippen LogP) is 1.70. The van der Waals surface area contributed by atoms with Crippen LogP contribution >= 0.6 is 23.8 Å². The maximum atomic E-state index is 10.3. The second-order valence-corrected chi connectivity index (χ2v) is 8.88. The Labute approximate surface area is 189 Å². The van der Waals surface area contributed by atoms with E-state index in [9.17, 15) is 5.11 Å². The van der Waals surface area contributed by atoms with E-state index < -0.39 is 8.80 Å². The summed E-state index contributed by atoms with van der Waals surface area (Å²) in [5.41, 5.74) is 0. The minimum absolute atomic E-state index is 0. The molecule has 0 saturated carbocycles. The van der Waals surface area contributed by atoms with Gasteiger partial charge in [0.1, 0.15) is 0 Å². The van der Waals surface area contributed by atoms with Crippen molar-refractivity contribution in [1.82, 2.24) is 0 Å². The summed E-state index contributed by atoms with van der Waals surface area (Å²) in [7, 11) is -2.40. The van der Waals surface area contributed by atoms with Gasteiger partial charge >= 0.3 is 38.4 Å². The van der Waals surface area contributed by atoms with Gasteiger partial charge in [-0.05, 0) is 40.0 Å². The molecular weight excluding hydrogens is 387 g/mol. The molecular formula is C17H36ClNaO4SSi. The number of halogens is 1. The third-order valence-electron chi connectivity index (χ3n) is 3.19. The number of unbranched alkanes of at least 4 members (excludes halogenated alkanes) is 4. The van der Waals surface area contributed by atoms with E-state index in [1.165, 1.54) is 19.3 Å². The smallest absolute Gasteiger partial charge is 0.867 e. The second-order valence-electron chi connectivity index (χ2n) is 5.31. The van der Waals surface area contributed by atoms with Gasteiger partial charge in [-0.1, -0.05) is 37.7 Å². The molecule has 0 fully saturated rings.